The second-order valence-electron chi connectivity index (χ2n) is 10.7. The lowest BCUT2D eigenvalue weighted by molar-refractivity contribution is -0.875. The first-order valence-electron chi connectivity index (χ1n) is 13.4. The lowest BCUT2D eigenvalue weighted by Gasteiger charge is -2.35. The minimum absolute atomic E-state index is 0.0521. The summed E-state index contributed by atoms with van der Waals surface area (Å²) >= 11 is 0. The monoisotopic (exact) mass is 488 g/mol. The second-order valence-corrected chi connectivity index (χ2v) is 12.6. The highest BCUT2D eigenvalue weighted by Gasteiger charge is 2.48. The van der Waals surface area contributed by atoms with Gasteiger partial charge in [-0.05, 0) is 57.8 Å². The Balaban J connectivity index is 3.63. The molecule has 0 heterocycles. The molecule has 196 valence electrons. The number of rotatable bonds is 22. The van der Waals surface area contributed by atoms with Gasteiger partial charge in [0.15, 0.2) is 0 Å². The van der Waals surface area contributed by atoms with Gasteiger partial charge in [0, 0.05) is 0 Å². The van der Waals surface area contributed by atoms with Crippen molar-refractivity contribution >= 4 is 7.60 Å². The molecular weight excluding hydrogens is 433 g/mol. The van der Waals surface area contributed by atoms with Crippen LogP contribution in [-0.2, 0) is 4.57 Å². The molecule has 0 saturated carbocycles. The Morgan fingerprint density at radius 2 is 1.03 bits per heavy atom. The van der Waals surface area contributed by atoms with Crippen LogP contribution in [0.1, 0.15) is 116 Å². The van der Waals surface area contributed by atoms with Crippen molar-refractivity contribution in [3.05, 3.63) is 24.3 Å². The van der Waals surface area contributed by atoms with Crippen LogP contribution >= 0.6 is 7.60 Å². The van der Waals surface area contributed by atoms with Crippen LogP contribution in [0.25, 0.3) is 0 Å². The molecule has 0 spiro atoms. The third-order valence-electron chi connectivity index (χ3n) is 6.02. The van der Waals surface area contributed by atoms with E-state index in [1.165, 1.54) is 70.6 Å². The predicted molar refractivity (Wildman–Crippen MR) is 142 cm³/mol. The summed E-state index contributed by atoms with van der Waals surface area (Å²) in [5, 5.41) is 8.62. The molecule has 0 fully saturated rings. The summed E-state index contributed by atoms with van der Waals surface area (Å²) in [6, 6.07) is 0. The molecule has 0 aliphatic heterocycles. The first-order valence-corrected chi connectivity index (χ1v) is 15.0. The molecule has 33 heavy (non-hydrogen) atoms. The van der Waals surface area contributed by atoms with E-state index < -0.39 is 12.9 Å². The van der Waals surface area contributed by atoms with Crippen LogP contribution in [0.5, 0.6) is 0 Å². The van der Waals surface area contributed by atoms with E-state index in [2.05, 4.69) is 31.2 Å². The average molecular weight is 489 g/mol. The van der Waals surface area contributed by atoms with Crippen molar-refractivity contribution in [2.45, 2.75) is 121 Å². The highest BCUT2D eigenvalue weighted by Crippen LogP contribution is 2.52. The second kappa shape index (κ2) is 18.8. The fourth-order valence-electron chi connectivity index (χ4n) is 4.13. The third-order valence-corrected chi connectivity index (χ3v) is 7.47. The summed E-state index contributed by atoms with van der Waals surface area (Å²) in [4.78, 5) is 19.2. The van der Waals surface area contributed by atoms with Crippen molar-refractivity contribution in [1.29, 1.82) is 0 Å². The van der Waals surface area contributed by atoms with Crippen LogP contribution in [0, 0.1) is 0 Å². The number of aliphatic hydroxyl groups is 1. The first-order chi connectivity index (χ1) is 15.5. The van der Waals surface area contributed by atoms with Crippen LogP contribution in [-0.4, -0.2) is 52.4 Å². The Kier molecular flexibility index (Phi) is 18.6. The Morgan fingerprint density at radius 3 is 1.39 bits per heavy atom. The molecule has 0 aromatic carbocycles. The van der Waals surface area contributed by atoms with Crippen LogP contribution in [0.2, 0.25) is 0 Å². The highest BCUT2D eigenvalue weighted by molar-refractivity contribution is 7.53. The summed E-state index contributed by atoms with van der Waals surface area (Å²) in [6.45, 7) is 2.29. The number of unbranched alkanes of at least 4 members (excludes halogenated alkanes) is 13. The van der Waals surface area contributed by atoms with Gasteiger partial charge in [-0.25, -0.2) is 0 Å². The Hall–Kier alpha value is -0.450. The van der Waals surface area contributed by atoms with E-state index in [0.29, 0.717) is 10.9 Å². The maximum atomic E-state index is 11.8. The summed E-state index contributed by atoms with van der Waals surface area (Å²) in [5.41, 5.74) is 0. The van der Waals surface area contributed by atoms with Gasteiger partial charge in [-0.15, -0.1) is 0 Å². The van der Waals surface area contributed by atoms with Crippen molar-refractivity contribution in [3.63, 3.8) is 0 Å². The standard InChI is InChI=1S/C27H54NO4P/c1-5-6-7-8-9-10-11-12-13-14-15-16-17-18-19-20-21-22-23-24-25-27(29,33(30,31)32)26-28(2,3)4/h8-9,18-19,29H,5-7,10-17,20-26H2,1-4H3,(H-,30,31,32)/p+1/b9-8-,19-18-. The van der Waals surface area contributed by atoms with E-state index in [1.54, 1.807) is 0 Å². The molecule has 1 atom stereocenters. The van der Waals surface area contributed by atoms with E-state index in [-0.39, 0.29) is 13.0 Å². The van der Waals surface area contributed by atoms with Crippen molar-refractivity contribution in [2.24, 2.45) is 0 Å². The molecule has 0 aliphatic carbocycles. The number of hydrogen-bond acceptors (Lipinski definition) is 2. The number of hydrogen-bond donors (Lipinski definition) is 3. The number of nitrogens with zero attached hydrogens (tertiary/aromatic N) is 1. The molecule has 0 saturated heterocycles. The van der Waals surface area contributed by atoms with Crippen LogP contribution in [0.15, 0.2) is 24.3 Å². The predicted octanol–water partition coefficient (Wildman–Crippen LogP) is 7.32. The molecule has 0 amide bonds. The van der Waals surface area contributed by atoms with Gasteiger partial charge in [-0.1, -0.05) is 82.6 Å². The Bertz CT molecular complexity index is 565. The molecule has 0 aromatic rings. The molecule has 5 nitrogen and oxygen atoms in total. The van der Waals surface area contributed by atoms with Crippen LogP contribution in [0.4, 0.5) is 0 Å². The summed E-state index contributed by atoms with van der Waals surface area (Å²) in [7, 11) is 0.953. The molecular formula is C27H55NO4P+. The lowest BCUT2D eigenvalue weighted by atomic mass is 10.1. The van der Waals surface area contributed by atoms with Gasteiger partial charge >= 0.3 is 7.60 Å². The maximum Gasteiger partial charge on any atom is 0.362 e. The largest absolute Gasteiger partial charge is 0.373 e. The van der Waals surface area contributed by atoms with Gasteiger partial charge in [-0.2, -0.15) is 0 Å². The zero-order valence-electron chi connectivity index (χ0n) is 22.2. The molecule has 0 aliphatic rings. The van der Waals surface area contributed by atoms with Gasteiger partial charge in [0.1, 0.15) is 6.54 Å². The number of allylic oxidation sites excluding steroid dienone is 4. The first kappa shape index (κ1) is 32.5. The molecule has 0 bridgehead atoms. The number of quaternary nitrogens is 1. The van der Waals surface area contributed by atoms with Crippen molar-refractivity contribution in [2.75, 3.05) is 27.7 Å². The molecule has 0 radical (unpaired) electrons. The Morgan fingerprint density at radius 1 is 0.667 bits per heavy atom. The smallest absolute Gasteiger partial charge is 0.362 e. The van der Waals surface area contributed by atoms with Crippen LogP contribution in [0.3, 0.4) is 0 Å². The minimum Gasteiger partial charge on any atom is -0.373 e. The Labute approximate surface area is 205 Å². The van der Waals surface area contributed by atoms with Gasteiger partial charge in [0.25, 0.3) is 0 Å². The van der Waals surface area contributed by atoms with Gasteiger partial charge in [0.05, 0.1) is 21.1 Å². The normalized spacial score (nSPS) is 15.0. The lowest BCUT2D eigenvalue weighted by Crippen LogP contribution is -2.49. The zero-order chi connectivity index (χ0) is 25.1. The van der Waals surface area contributed by atoms with E-state index in [4.69, 9.17) is 0 Å². The van der Waals surface area contributed by atoms with Crippen molar-refractivity contribution in [3.8, 4) is 0 Å². The number of likely N-dealkylation sites (N-methyl/N-ethyl adjacent to an activating group) is 1. The highest BCUT2D eigenvalue weighted by atomic mass is 31.2. The minimum atomic E-state index is -4.55. The fraction of sp³-hybridized carbons (Fsp3) is 0.852. The van der Waals surface area contributed by atoms with Crippen molar-refractivity contribution < 1.29 is 23.9 Å². The molecule has 1 unspecified atom stereocenters. The average Bonchev–Trinajstić information content (AvgIpc) is 2.70. The zero-order valence-corrected chi connectivity index (χ0v) is 23.1. The SMILES string of the molecule is CCCC/C=C\CCCCCCCC/C=C\CCCCCCC(O)(C[N+](C)(C)C)P(=O)(O)O. The van der Waals surface area contributed by atoms with E-state index in [1.807, 2.05) is 21.1 Å². The van der Waals surface area contributed by atoms with Gasteiger partial charge < -0.3 is 19.4 Å². The third kappa shape index (κ3) is 19.5. The van der Waals surface area contributed by atoms with Gasteiger partial charge in [-0.3, -0.25) is 4.57 Å². The summed E-state index contributed by atoms with van der Waals surface area (Å²) in [6.07, 6.45) is 28.4. The maximum absolute atomic E-state index is 11.8. The van der Waals surface area contributed by atoms with E-state index in [0.717, 1.165) is 25.7 Å². The molecule has 0 rings (SSSR count). The van der Waals surface area contributed by atoms with Gasteiger partial charge in [0.2, 0.25) is 5.34 Å². The topological polar surface area (TPSA) is 77.8 Å². The summed E-state index contributed by atoms with van der Waals surface area (Å²) < 4.78 is 12.1. The molecule has 0 aromatic heterocycles. The summed E-state index contributed by atoms with van der Waals surface area (Å²) in [5.74, 6) is 0. The molecule has 3 N–H and O–H groups in total. The van der Waals surface area contributed by atoms with E-state index >= 15 is 0 Å². The molecule has 6 heteroatoms. The van der Waals surface area contributed by atoms with Crippen molar-refractivity contribution in [1.82, 2.24) is 0 Å². The van der Waals surface area contributed by atoms with Crippen LogP contribution < -0.4 is 0 Å². The quantitative estimate of drug-likeness (QED) is 0.0645. The fourth-order valence-corrected chi connectivity index (χ4v) is 5.18. The van der Waals surface area contributed by atoms with E-state index in [9.17, 15) is 19.5 Å².